The summed E-state index contributed by atoms with van der Waals surface area (Å²) in [4.78, 5) is 15.3. The van der Waals surface area contributed by atoms with E-state index in [0.717, 1.165) is 82.8 Å². The van der Waals surface area contributed by atoms with Crippen molar-refractivity contribution < 1.29 is 4.42 Å². The predicted octanol–water partition coefficient (Wildman–Crippen LogP) is 16.9. The average Bonchev–Trinajstić information content (AvgIpc) is 4.15. The molecule has 1 aliphatic carbocycles. The molecule has 0 saturated heterocycles. The van der Waals surface area contributed by atoms with Crippen molar-refractivity contribution in [2.24, 2.45) is 0 Å². The van der Waals surface area contributed by atoms with E-state index in [9.17, 15) is 0 Å². The number of rotatable bonds is 6. The summed E-state index contributed by atoms with van der Waals surface area (Å²) in [5.41, 5.74) is 18.9. The molecule has 0 unspecified atom stereocenters. The summed E-state index contributed by atoms with van der Waals surface area (Å²) < 4.78 is 11.3. The van der Waals surface area contributed by atoms with Crippen molar-refractivity contribution in [2.75, 3.05) is 0 Å². The molecule has 1 aliphatic rings. The van der Waals surface area contributed by atoms with E-state index >= 15 is 0 Å². The Labute approximate surface area is 414 Å². The van der Waals surface area contributed by atoms with E-state index in [0.29, 0.717) is 17.6 Å². The van der Waals surface area contributed by atoms with Crippen molar-refractivity contribution in [1.82, 2.24) is 24.1 Å². The van der Waals surface area contributed by atoms with Gasteiger partial charge < -0.3 is 8.98 Å². The topological polar surface area (TPSA) is 61.7 Å². The summed E-state index contributed by atoms with van der Waals surface area (Å²) in [7, 11) is 0. The maximum Gasteiger partial charge on any atom is 0.238 e. The summed E-state index contributed by atoms with van der Waals surface area (Å²) in [6.07, 6.45) is 0. The second-order valence-corrected chi connectivity index (χ2v) is 19.6. The van der Waals surface area contributed by atoms with Gasteiger partial charge in [0.25, 0.3) is 0 Å². The smallest absolute Gasteiger partial charge is 0.238 e. The number of para-hydroxylation sites is 2. The quantitative estimate of drug-likeness (QED) is 0.167. The fourth-order valence-electron chi connectivity index (χ4n) is 11.7. The first-order valence-corrected chi connectivity index (χ1v) is 24.6. The molecule has 0 radical (unpaired) electrons. The summed E-state index contributed by atoms with van der Waals surface area (Å²) in [5, 5.41) is 6.89. The molecular formula is C66H43N5O. The Morgan fingerprint density at radius 2 is 0.917 bits per heavy atom. The molecule has 4 aromatic heterocycles. The second-order valence-electron chi connectivity index (χ2n) is 19.6. The van der Waals surface area contributed by atoms with Gasteiger partial charge in [0.15, 0.2) is 11.6 Å². The van der Waals surface area contributed by atoms with Crippen LogP contribution in [-0.2, 0) is 5.41 Å². The summed E-state index contributed by atoms with van der Waals surface area (Å²) >= 11 is 0. The molecule has 10 aromatic carbocycles. The monoisotopic (exact) mass is 921 g/mol. The Balaban J connectivity index is 0.888. The Kier molecular flexibility index (Phi) is 8.61. The summed E-state index contributed by atoms with van der Waals surface area (Å²) in [5.74, 6) is 1.82. The molecule has 0 fully saturated rings. The Morgan fingerprint density at radius 1 is 0.347 bits per heavy atom. The first-order valence-electron chi connectivity index (χ1n) is 24.6. The molecule has 4 heterocycles. The van der Waals surface area contributed by atoms with E-state index in [-0.39, 0.29) is 5.41 Å². The van der Waals surface area contributed by atoms with Crippen LogP contribution in [0.4, 0.5) is 0 Å². The molecule has 0 N–H and O–H groups in total. The highest BCUT2D eigenvalue weighted by Crippen LogP contribution is 2.51. The number of furan rings is 1. The SMILES string of the molecule is CC1(C)c2ccccc2-c2cc3c4cc(-c5cccc6oc7ccc(-c8ccc9c(c8)c8ccccc8n9-c8nc(-c9ccccc9)nc(-c9ccccc9)n8)cc7c56)ccc4n(-c4ccccc4)c3cc21. The highest BCUT2D eigenvalue weighted by Gasteiger charge is 2.36. The minimum Gasteiger partial charge on any atom is -0.456 e. The van der Waals surface area contributed by atoms with Crippen LogP contribution in [0.15, 0.2) is 229 Å². The fourth-order valence-corrected chi connectivity index (χ4v) is 11.7. The van der Waals surface area contributed by atoms with Crippen molar-refractivity contribution in [3.05, 3.63) is 236 Å². The van der Waals surface area contributed by atoms with Crippen LogP contribution < -0.4 is 0 Å². The second kappa shape index (κ2) is 15.3. The molecule has 338 valence electrons. The molecular weight excluding hydrogens is 879 g/mol. The average molecular weight is 922 g/mol. The molecule has 0 aliphatic heterocycles. The molecule has 0 amide bonds. The first kappa shape index (κ1) is 40.5. The Bertz CT molecular complexity index is 4470. The first-order chi connectivity index (χ1) is 35.4. The van der Waals surface area contributed by atoms with Gasteiger partial charge in [0.1, 0.15) is 11.2 Å². The van der Waals surface area contributed by atoms with Crippen LogP contribution in [0.2, 0.25) is 0 Å². The lowest BCUT2D eigenvalue weighted by Gasteiger charge is -2.21. The lowest BCUT2D eigenvalue weighted by Crippen LogP contribution is -2.14. The summed E-state index contributed by atoms with van der Waals surface area (Å²) in [6, 6.07) is 80.2. The van der Waals surface area contributed by atoms with Gasteiger partial charge in [-0.3, -0.25) is 4.57 Å². The Morgan fingerprint density at radius 3 is 1.68 bits per heavy atom. The van der Waals surface area contributed by atoms with Crippen molar-refractivity contribution in [3.8, 4) is 67.8 Å². The zero-order valence-corrected chi connectivity index (χ0v) is 39.5. The van der Waals surface area contributed by atoms with E-state index < -0.39 is 0 Å². The largest absolute Gasteiger partial charge is 0.456 e. The van der Waals surface area contributed by atoms with Crippen molar-refractivity contribution in [2.45, 2.75) is 19.3 Å². The maximum atomic E-state index is 6.67. The molecule has 72 heavy (non-hydrogen) atoms. The third-order valence-corrected chi connectivity index (χ3v) is 15.2. The van der Waals surface area contributed by atoms with Crippen molar-refractivity contribution >= 4 is 65.6 Å². The number of fused-ring (bicyclic) bond motifs is 12. The normalized spacial score (nSPS) is 13.0. The van der Waals surface area contributed by atoms with E-state index in [1.54, 1.807) is 0 Å². The number of aromatic nitrogens is 5. The highest BCUT2D eigenvalue weighted by molar-refractivity contribution is 6.17. The van der Waals surface area contributed by atoms with Crippen LogP contribution in [-0.4, -0.2) is 24.1 Å². The van der Waals surface area contributed by atoms with Gasteiger partial charge in [0.05, 0.1) is 22.1 Å². The third kappa shape index (κ3) is 5.99. The van der Waals surface area contributed by atoms with E-state index in [4.69, 9.17) is 19.4 Å². The molecule has 6 heteroatoms. The molecule has 15 rings (SSSR count). The minimum absolute atomic E-state index is 0.111. The molecule has 0 bridgehead atoms. The zero-order valence-electron chi connectivity index (χ0n) is 39.5. The van der Waals surface area contributed by atoms with Gasteiger partial charge in [-0.1, -0.05) is 166 Å². The third-order valence-electron chi connectivity index (χ3n) is 15.2. The van der Waals surface area contributed by atoms with Gasteiger partial charge in [-0.15, -0.1) is 0 Å². The lowest BCUT2D eigenvalue weighted by molar-refractivity contribution is 0.661. The van der Waals surface area contributed by atoms with E-state index in [1.807, 2.05) is 60.7 Å². The van der Waals surface area contributed by atoms with Crippen LogP contribution >= 0.6 is 0 Å². The molecule has 0 spiro atoms. The molecule has 6 nitrogen and oxygen atoms in total. The van der Waals surface area contributed by atoms with Gasteiger partial charge in [-0.05, 0) is 117 Å². The summed E-state index contributed by atoms with van der Waals surface area (Å²) in [6.45, 7) is 4.72. The van der Waals surface area contributed by atoms with Gasteiger partial charge in [-0.25, -0.2) is 4.98 Å². The van der Waals surface area contributed by atoms with E-state index in [1.165, 1.54) is 44.1 Å². The van der Waals surface area contributed by atoms with Crippen LogP contribution in [0.25, 0.3) is 133 Å². The van der Waals surface area contributed by atoms with Gasteiger partial charge in [-0.2, -0.15) is 9.97 Å². The number of benzene rings is 10. The number of hydrogen-bond acceptors (Lipinski definition) is 4. The number of nitrogens with zero attached hydrogens (tertiary/aromatic N) is 5. The lowest BCUT2D eigenvalue weighted by atomic mass is 9.82. The molecule has 0 atom stereocenters. The van der Waals surface area contributed by atoms with Gasteiger partial charge in [0, 0.05) is 54.5 Å². The van der Waals surface area contributed by atoms with Crippen molar-refractivity contribution in [3.63, 3.8) is 0 Å². The Hall–Kier alpha value is -9.39. The van der Waals surface area contributed by atoms with Gasteiger partial charge in [0.2, 0.25) is 5.95 Å². The fraction of sp³-hybridized carbons (Fsp3) is 0.0455. The molecule has 0 saturated carbocycles. The van der Waals surface area contributed by atoms with Crippen LogP contribution in [0.3, 0.4) is 0 Å². The predicted molar refractivity (Wildman–Crippen MR) is 295 cm³/mol. The molecule has 14 aromatic rings. The minimum atomic E-state index is -0.111. The van der Waals surface area contributed by atoms with Crippen LogP contribution in [0.5, 0.6) is 0 Å². The number of hydrogen-bond donors (Lipinski definition) is 0. The maximum absolute atomic E-state index is 6.67. The standard InChI is InChI=1S/C66H43N5O/c1-66(2)54-26-14-12-23-47(54)49-38-52-51-37-44(30-33-57(51)70(59(52)39-55(49)66)45-21-10-5-11-22-45)46-25-16-28-61-62(46)53-36-43(31-34-60(53)72-61)42-29-32-58-50(35-42)48-24-13-15-27-56(48)71(58)65-68-63(40-17-6-3-7-18-40)67-64(69-65)41-19-8-4-9-20-41/h3-39H,1-2H3. The van der Waals surface area contributed by atoms with E-state index in [2.05, 4.69) is 187 Å². The van der Waals surface area contributed by atoms with Crippen LogP contribution in [0, 0.1) is 0 Å². The highest BCUT2D eigenvalue weighted by atomic mass is 16.3. The van der Waals surface area contributed by atoms with Crippen LogP contribution in [0.1, 0.15) is 25.0 Å². The van der Waals surface area contributed by atoms with Crippen molar-refractivity contribution in [1.29, 1.82) is 0 Å². The zero-order chi connectivity index (χ0) is 47.7. The van der Waals surface area contributed by atoms with Gasteiger partial charge >= 0.3 is 0 Å².